The molecule has 4 aliphatic rings. The average molecular weight is 322 g/mol. The summed E-state index contributed by atoms with van der Waals surface area (Å²) in [4.78, 5) is 5.35. The van der Waals surface area contributed by atoms with E-state index >= 15 is 0 Å². The van der Waals surface area contributed by atoms with Crippen LogP contribution in [0.25, 0.3) is 0 Å². The van der Waals surface area contributed by atoms with Crippen LogP contribution in [0.15, 0.2) is 0 Å². The van der Waals surface area contributed by atoms with Crippen LogP contribution in [-0.4, -0.2) is 74.0 Å². The van der Waals surface area contributed by atoms with Crippen molar-refractivity contribution in [2.75, 3.05) is 33.8 Å². The van der Waals surface area contributed by atoms with Gasteiger partial charge < -0.3 is 14.4 Å². The zero-order chi connectivity index (χ0) is 15.8. The Morgan fingerprint density at radius 3 is 2.04 bits per heavy atom. The van der Waals surface area contributed by atoms with Gasteiger partial charge in [-0.2, -0.15) is 0 Å². The lowest BCUT2D eigenvalue weighted by atomic mass is 9.90. The minimum Gasteiger partial charge on any atom is -0.381 e. The van der Waals surface area contributed by atoms with Gasteiger partial charge in [0, 0.05) is 25.7 Å². The van der Waals surface area contributed by atoms with Crippen molar-refractivity contribution < 1.29 is 9.47 Å². The Hall–Kier alpha value is -0.160. The van der Waals surface area contributed by atoms with E-state index in [4.69, 9.17) is 9.47 Å². The summed E-state index contributed by atoms with van der Waals surface area (Å²) in [6.45, 7) is 3.94. The van der Waals surface area contributed by atoms with Gasteiger partial charge in [-0.15, -0.1) is 0 Å². The van der Waals surface area contributed by atoms with E-state index in [1.54, 1.807) is 0 Å². The van der Waals surface area contributed by atoms with Crippen molar-refractivity contribution in [2.24, 2.45) is 5.92 Å². The molecule has 23 heavy (non-hydrogen) atoms. The van der Waals surface area contributed by atoms with Crippen LogP contribution in [0, 0.1) is 5.92 Å². The quantitative estimate of drug-likeness (QED) is 0.776. The molecule has 4 fully saturated rings. The molecule has 2 atom stereocenters. The first-order chi connectivity index (χ1) is 11.2. The van der Waals surface area contributed by atoms with Gasteiger partial charge in [-0.25, -0.2) is 0 Å². The fourth-order valence-electron chi connectivity index (χ4n) is 5.27. The fraction of sp³-hybridized carbons (Fsp3) is 1.00. The molecule has 4 heteroatoms. The van der Waals surface area contributed by atoms with Crippen LogP contribution in [0.1, 0.15) is 51.4 Å². The second-order valence-electron chi connectivity index (χ2n) is 8.51. The smallest absolute Gasteiger partial charge is 0.0628 e. The molecule has 132 valence electrons. The van der Waals surface area contributed by atoms with Gasteiger partial charge in [0.2, 0.25) is 0 Å². The molecule has 0 radical (unpaired) electrons. The number of nitrogens with zero attached hydrogens (tertiary/aromatic N) is 2. The Balaban J connectivity index is 1.25. The maximum absolute atomic E-state index is 6.38. The molecular weight excluding hydrogens is 288 g/mol. The molecule has 0 amide bonds. The van der Waals surface area contributed by atoms with Gasteiger partial charge in [-0.3, -0.25) is 4.90 Å². The van der Waals surface area contributed by atoms with E-state index < -0.39 is 0 Å². The molecular formula is C19H34N2O2. The molecule has 0 N–H and O–H groups in total. The second kappa shape index (κ2) is 6.99. The summed E-state index contributed by atoms with van der Waals surface area (Å²) >= 11 is 0. The predicted molar refractivity (Wildman–Crippen MR) is 91.7 cm³/mol. The molecule has 4 rings (SSSR count). The number of hydrogen-bond donors (Lipinski definition) is 0. The van der Waals surface area contributed by atoms with E-state index in [1.165, 1.54) is 58.2 Å². The molecule has 2 bridgehead atoms. The van der Waals surface area contributed by atoms with Crippen LogP contribution in [0.3, 0.4) is 0 Å². The van der Waals surface area contributed by atoms with Crippen LogP contribution in [0.4, 0.5) is 0 Å². The first kappa shape index (κ1) is 16.3. The number of fused-ring (bicyclic) bond motifs is 2. The molecule has 0 aromatic heterocycles. The van der Waals surface area contributed by atoms with Crippen molar-refractivity contribution >= 4 is 0 Å². The Labute approximate surface area is 141 Å². The molecule has 1 aliphatic carbocycles. The highest BCUT2D eigenvalue weighted by atomic mass is 16.5. The number of methoxy groups -OCH3 is 1. The summed E-state index contributed by atoms with van der Waals surface area (Å²) in [7, 11) is 4.08. The maximum atomic E-state index is 6.38. The molecule has 3 saturated heterocycles. The predicted octanol–water partition coefficient (Wildman–Crippen LogP) is 2.52. The number of hydrogen-bond acceptors (Lipinski definition) is 4. The summed E-state index contributed by atoms with van der Waals surface area (Å²) in [5.74, 6) is 0.931. The normalized spacial score (nSPS) is 42.8. The summed E-state index contributed by atoms with van der Waals surface area (Å²) in [5.41, 5.74) is 0. The Morgan fingerprint density at radius 2 is 1.43 bits per heavy atom. The molecule has 0 aromatic rings. The molecule has 1 saturated carbocycles. The summed E-state index contributed by atoms with van der Waals surface area (Å²) in [5, 5.41) is 0. The minimum absolute atomic E-state index is 0.459. The Kier molecular flexibility index (Phi) is 4.96. The number of rotatable bonds is 5. The third-order valence-electron chi connectivity index (χ3n) is 6.92. The highest BCUT2D eigenvalue weighted by Gasteiger charge is 2.43. The van der Waals surface area contributed by atoms with Gasteiger partial charge in [0.1, 0.15) is 0 Å². The number of likely N-dealkylation sites (tertiary alicyclic amines) is 1. The van der Waals surface area contributed by atoms with Crippen molar-refractivity contribution in [3.05, 3.63) is 0 Å². The molecule has 0 aromatic carbocycles. The van der Waals surface area contributed by atoms with E-state index in [-0.39, 0.29) is 0 Å². The van der Waals surface area contributed by atoms with E-state index in [2.05, 4.69) is 16.8 Å². The SMILES string of the molecule is CO[C@H]1C[C@H](OC2CC3CCC(C2)N3CC2CCN(C)CC2)C1. The first-order valence-corrected chi connectivity index (χ1v) is 9.83. The van der Waals surface area contributed by atoms with Crippen molar-refractivity contribution in [3.63, 3.8) is 0 Å². The molecule has 0 spiro atoms. The zero-order valence-electron chi connectivity index (χ0n) is 15.0. The minimum atomic E-state index is 0.459. The highest BCUT2D eigenvalue weighted by molar-refractivity contribution is 4.97. The summed E-state index contributed by atoms with van der Waals surface area (Å²) in [6.07, 6.45) is 11.8. The van der Waals surface area contributed by atoms with Gasteiger partial charge >= 0.3 is 0 Å². The van der Waals surface area contributed by atoms with Gasteiger partial charge in [-0.05, 0) is 77.4 Å². The summed E-state index contributed by atoms with van der Waals surface area (Å²) < 4.78 is 11.8. The lowest BCUT2D eigenvalue weighted by Crippen LogP contribution is -2.50. The lowest BCUT2D eigenvalue weighted by Gasteiger charge is -2.44. The number of ether oxygens (including phenoxy) is 2. The van der Waals surface area contributed by atoms with Gasteiger partial charge in [0.05, 0.1) is 18.3 Å². The molecule has 3 heterocycles. The van der Waals surface area contributed by atoms with Crippen LogP contribution in [0.2, 0.25) is 0 Å². The maximum Gasteiger partial charge on any atom is 0.0628 e. The molecule has 2 unspecified atom stereocenters. The van der Waals surface area contributed by atoms with Crippen LogP contribution in [0.5, 0.6) is 0 Å². The third-order valence-corrected chi connectivity index (χ3v) is 6.92. The van der Waals surface area contributed by atoms with Crippen LogP contribution >= 0.6 is 0 Å². The van der Waals surface area contributed by atoms with E-state index in [1.807, 2.05) is 7.11 Å². The van der Waals surface area contributed by atoms with Crippen molar-refractivity contribution in [3.8, 4) is 0 Å². The Morgan fingerprint density at radius 1 is 0.826 bits per heavy atom. The van der Waals surface area contributed by atoms with Gasteiger partial charge in [-0.1, -0.05) is 0 Å². The monoisotopic (exact) mass is 322 g/mol. The lowest BCUT2D eigenvalue weighted by molar-refractivity contribution is -0.134. The fourth-order valence-corrected chi connectivity index (χ4v) is 5.27. The van der Waals surface area contributed by atoms with Crippen molar-refractivity contribution in [1.82, 2.24) is 9.80 Å². The van der Waals surface area contributed by atoms with E-state index in [0.29, 0.717) is 18.3 Å². The number of piperidine rings is 2. The largest absolute Gasteiger partial charge is 0.381 e. The van der Waals surface area contributed by atoms with Gasteiger partial charge in [0.15, 0.2) is 0 Å². The second-order valence-corrected chi connectivity index (χ2v) is 8.51. The average Bonchev–Trinajstić information content (AvgIpc) is 2.75. The molecule has 4 nitrogen and oxygen atoms in total. The van der Waals surface area contributed by atoms with Crippen LogP contribution < -0.4 is 0 Å². The highest BCUT2D eigenvalue weighted by Crippen LogP contribution is 2.40. The molecule has 3 aliphatic heterocycles. The van der Waals surface area contributed by atoms with Crippen molar-refractivity contribution in [1.29, 1.82) is 0 Å². The van der Waals surface area contributed by atoms with E-state index in [0.717, 1.165) is 30.8 Å². The standard InChI is InChI=1S/C19H34N2O2/c1-20-7-5-14(6-8-20)13-21-15-3-4-16(21)10-18(9-15)23-19-11-17(12-19)22-2/h14-19H,3-13H2,1-2H3/t15?,16?,17-,18?,19-. The third kappa shape index (κ3) is 3.60. The van der Waals surface area contributed by atoms with Gasteiger partial charge in [0.25, 0.3) is 0 Å². The van der Waals surface area contributed by atoms with Crippen LogP contribution in [-0.2, 0) is 9.47 Å². The van der Waals surface area contributed by atoms with E-state index in [9.17, 15) is 0 Å². The van der Waals surface area contributed by atoms with Crippen molar-refractivity contribution in [2.45, 2.75) is 81.8 Å². The Bertz CT molecular complexity index is 377. The zero-order valence-corrected chi connectivity index (χ0v) is 15.0. The first-order valence-electron chi connectivity index (χ1n) is 9.83. The topological polar surface area (TPSA) is 24.9 Å². The summed E-state index contributed by atoms with van der Waals surface area (Å²) in [6, 6.07) is 1.61.